The number of ketones is 1. The lowest BCUT2D eigenvalue weighted by Crippen LogP contribution is -2.67. The number of ether oxygens (including phenoxy) is 1. The monoisotopic (exact) mass is 677 g/mol. The van der Waals surface area contributed by atoms with Crippen molar-refractivity contribution in [1.82, 2.24) is 4.31 Å². The number of hydrogen-bond donors (Lipinski definition) is 2. The number of carbonyl (C=O) groups excluding carboxylic acids is 1. The van der Waals surface area contributed by atoms with E-state index in [9.17, 15) is 23.4 Å². The predicted octanol–water partition coefficient (Wildman–Crippen LogP) is 6.39. The van der Waals surface area contributed by atoms with Crippen molar-refractivity contribution in [2.24, 2.45) is 33.5 Å². The fourth-order valence-electron chi connectivity index (χ4n) is 11.4. The number of Topliss-reactive ketones (excluding diaryl/α,β-unsaturated/α-hetero) is 1. The minimum Gasteiger partial charge on any atom is -0.393 e. The lowest BCUT2D eigenvalue weighted by atomic mass is 9.32. The van der Waals surface area contributed by atoms with Crippen LogP contribution in [0.4, 0.5) is 0 Å². The quantitative estimate of drug-likeness (QED) is 0.248. The first-order valence-corrected chi connectivity index (χ1v) is 19.8. The van der Waals surface area contributed by atoms with E-state index in [1.165, 1.54) is 15.6 Å². The van der Waals surface area contributed by atoms with E-state index < -0.39 is 38.0 Å². The van der Waals surface area contributed by atoms with E-state index in [0.717, 1.165) is 44.1 Å². The van der Waals surface area contributed by atoms with E-state index in [1.54, 1.807) is 17.5 Å². The molecular formula is C38H47NO6S2. The molecule has 1 aromatic heterocycles. The van der Waals surface area contributed by atoms with E-state index in [1.807, 2.05) is 30.3 Å². The first kappa shape index (κ1) is 32.1. The molecule has 4 fully saturated rings. The van der Waals surface area contributed by atoms with Crippen LogP contribution in [0.25, 0.3) is 0 Å². The van der Waals surface area contributed by atoms with Crippen molar-refractivity contribution in [3.63, 3.8) is 0 Å². The molecule has 9 heteroatoms. The van der Waals surface area contributed by atoms with Crippen LogP contribution in [0.5, 0.6) is 0 Å². The molecule has 252 valence electrons. The average molecular weight is 678 g/mol. The van der Waals surface area contributed by atoms with Crippen molar-refractivity contribution in [2.45, 2.75) is 93.7 Å². The Morgan fingerprint density at radius 1 is 0.979 bits per heavy atom. The number of rotatable bonds is 8. The molecule has 1 aromatic carbocycles. The Balaban J connectivity index is 1.22. The number of allylic oxidation sites excluding steroid dienone is 4. The highest BCUT2D eigenvalue weighted by molar-refractivity contribution is 7.91. The van der Waals surface area contributed by atoms with Gasteiger partial charge >= 0.3 is 0 Å². The molecular weight excluding hydrogens is 631 g/mol. The maximum Gasteiger partial charge on any atom is 0.252 e. The standard InChI is InChI=1S/C38H47NO6S2/c1-34-15-12-27(40)22-36(34)18-19-38(29(23-36)33(41)26-8-4-3-5-9-26)30(34)13-16-35(2)31(38)14-17-37(35,42)25-39(24-28-10-6-20-45-28)47(43,44)32-11-7-21-46-32/h3-5,7-9,11,18-19,21,23,27-28,30-31,40,42H,6,10,12-17,20,22,24-25H2,1-2H3/t27?,28-,30-,31-,34-,35+,36+,37-,38-/m1/s1. The summed E-state index contributed by atoms with van der Waals surface area (Å²) < 4.78 is 36.0. The Kier molecular flexibility index (Phi) is 7.46. The molecule has 47 heavy (non-hydrogen) atoms. The summed E-state index contributed by atoms with van der Waals surface area (Å²) in [5.41, 5.74) is -1.56. The minimum atomic E-state index is -3.85. The van der Waals surface area contributed by atoms with Crippen molar-refractivity contribution < 1.29 is 28.2 Å². The molecule has 9 atom stereocenters. The van der Waals surface area contributed by atoms with Gasteiger partial charge in [0.15, 0.2) is 5.78 Å². The lowest BCUT2D eigenvalue weighted by Gasteiger charge is -2.71. The average Bonchev–Trinajstić information content (AvgIpc) is 3.83. The topological polar surface area (TPSA) is 104 Å². The van der Waals surface area contributed by atoms with Gasteiger partial charge in [-0.25, -0.2) is 8.42 Å². The van der Waals surface area contributed by atoms with E-state index in [2.05, 4.69) is 32.1 Å². The van der Waals surface area contributed by atoms with Crippen LogP contribution >= 0.6 is 11.3 Å². The molecule has 2 bridgehead atoms. The summed E-state index contributed by atoms with van der Waals surface area (Å²) in [6.45, 7) is 5.39. The number of benzene rings is 1. The van der Waals surface area contributed by atoms with Gasteiger partial charge in [0.2, 0.25) is 0 Å². The van der Waals surface area contributed by atoms with Gasteiger partial charge in [0, 0.05) is 47.1 Å². The highest BCUT2D eigenvalue weighted by atomic mass is 32.2. The fraction of sp³-hybridized carbons (Fsp3) is 0.605. The van der Waals surface area contributed by atoms with Crippen molar-refractivity contribution >= 4 is 27.1 Å². The van der Waals surface area contributed by atoms with Crippen molar-refractivity contribution in [3.05, 3.63) is 77.2 Å². The number of hydrogen-bond acceptors (Lipinski definition) is 7. The Morgan fingerprint density at radius 2 is 1.72 bits per heavy atom. The van der Waals surface area contributed by atoms with Gasteiger partial charge in [0.05, 0.1) is 17.8 Å². The number of fused-ring (bicyclic) bond motifs is 1. The first-order chi connectivity index (χ1) is 22.4. The summed E-state index contributed by atoms with van der Waals surface area (Å²) in [7, 11) is -3.85. The van der Waals surface area contributed by atoms with Crippen molar-refractivity contribution in [1.29, 1.82) is 0 Å². The van der Waals surface area contributed by atoms with Gasteiger partial charge < -0.3 is 14.9 Å². The summed E-state index contributed by atoms with van der Waals surface area (Å²) in [5, 5.41) is 25.7. The second-order valence-electron chi connectivity index (χ2n) is 15.9. The van der Waals surface area contributed by atoms with Crippen LogP contribution in [-0.4, -0.2) is 66.2 Å². The Labute approximate surface area is 282 Å². The SMILES string of the molecule is C[C@]12CC[C@H]3[C@]4(C=C[C@@]5(C=C4C(=O)c4ccccc4)CC(O)CC[C@]35C)[C@@H]1CC[C@@]2(O)CN(C[C@H]1CCCO1)S(=O)(=O)c1cccs1. The molecule has 0 amide bonds. The number of sulfonamides is 1. The molecule has 2 aromatic rings. The van der Waals surface area contributed by atoms with Gasteiger partial charge in [-0.2, -0.15) is 4.31 Å². The molecule has 7 nitrogen and oxygen atoms in total. The van der Waals surface area contributed by atoms with Crippen LogP contribution in [0.3, 0.4) is 0 Å². The minimum absolute atomic E-state index is 0.00360. The maximum absolute atomic E-state index is 14.7. The van der Waals surface area contributed by atoms with Crippen LogP contribution in [0.2, 0.25) is 0 Å². The van der Waals surface area contributed by atoms with E-state index in [4.69, 9.17) is 4.74 Å². The van der Waals surface area contributed by atoms with Crippen molar-refractivity contribution in [2.75, 3.05) is 19.7 Å². The molecule has 6 aliphatic carbocycles. The zero-order valence-corrected chi connectivity index (χ0v) is 29.1. The molecule has 9 rings (SSSR count). The third-order valence-electron chi connectivity index (χ3n) is 14.0. The summed E-state index contributed by atoms with van der Waals surface area (Å²) in [4.78, 5) is 14.7. The van der Waals surface area contributed by atoms with Crippen LogP contribution < -0.4 is 0 Å². The zero-order chi connectivity index (χ0) is 32.9. The third-order valence-corrected chi connectivity index (χ3v) is 17.1. The van der Waals surface area contributed by atoms with Crippen LogP contribution in [0, 0.1) is 33.5 Å². The highest BCUT2D eigenvalue weighted by Crippen LogP contribution is 2.78. The summed E-state index contributed by atoms with van der Waals surface area (Å²) in [6.07, 6.45) is 12.9. The Morgan fingerprint density at radius 3 is 2.45 bits per heavy atom. The van der Waals surface area contributed by atoms with Crippen LogP contribution in [0.1, 0.15) is 82.0 Å². The third kappa shape index (κ3) is 4.42. The van der Waals surface area contributed by atoms with E-state index >= 15 is 0 Å². The number of aliphatic hydroxyl groups is 2. The van der Waals surface area contributed by atoms with Gasteiger partial charge in [0.25, 0.3) is 10.0 Å². The first-order valence-electron chi connectivity index (χ1n) is 17.5. The van der Waals surface area contributed by atoms with Gasteiger partial charge in [-0.05, 0) is 86.5 Å². The summed E-state index contributed by atoms with van der Waals surface area (Å²) in [5.74, 6) is 0.157. The number of nitrogens with zero attached hydrogens (tertiary/aromatic N) is 1. The van der Waals surface area contributed by atoms with Gasteiger partial charge in [-0.1, -0.05) is 68.5 Å². The largest absolute Gasteiger partial charge is 0.393 e. The Hall–Kier alpha value is -2.14. The molecule has 3 saturated carbocycles. The lowest BCUT2D eigenvalue weighted by molar-refractivity contribution is -0.174. The molecule has 1 saturated heterocycles. The van der Waals surface area contributed by atoms with Crippen molar-refractivity contribution in [3.8, 4) is 0 Å². The van der Waals surface area contributed by atoms with Crippen LogP contribution in [0.15, 0.2) is 75.9 Å². The van der Waals surface area contributed by atoms with Gasteiger partial charge in [-0.3, -0.25) is 4.79 Å². The normalized spacial score (nSPS) is 42.2. The number of aliphatic hydroxyl groups excluding tert-OH is 1. The summed E-state index contributed by atoms with van der Waals surface area (Å²) in [6, 6.07) is 12.9. The molecule has 1 unspecified atom stereocenters. The molecule has 2 N–H and O–H groups in total. The highest BCUT2D eigenvalue weighted by Gasteiger charge is 2.74. The second-order valence-corrected chi connectivity index (χ2v) is 19.0. The predicted molar refractivity (Wildman–Crippen MR) is 181 cm³/mol. The molecule has 0 radical (unpaired) electrons. The Bertz CT molecular complexity index is 1720. The van der Waals surface area contributed by atoms with E-state index in [-0.39, 0.29) is 46.4 Å². The molecule has 2 spiro atoms. The number of thiophene rings is 1. The van der Waals surface area contributed by atoms with Gasteiger partial charge in [0.1, 0.15) is 4.21 Å². The van der Waals surface area contributed by atoms with Crippen LogP contribution in [-0.2, 0) is 14.8 Å². The van der Waals surface area contributed by atoms with E-state index in [0.29, 0.717) is 31.4 Å². The summed E-state index contributed by atoms with van der Waals surface area (Å²) >= 11 is 1.20. The zero-order valence-electron chi connectivity index (χ0n) is 27.4. The molecule has 7 aliphatic rings. The second kappa shape index (κ2) is 10.9. The molecule has 2 heterocycles. The smallest absolute Gasteiger partial charge is 0.252 e. The molecule has 1 aliphatic heterocycles. The maximum atomic E-state index is 14.7. The fourth-order valence-corrected chi connectivity index (χ4v) is 14.1. The van der Waals surface area contributed by atoms with Gasteiger partial charge in [-0.15, -0.1) is 11.3 Å². The number of carbonyl (C=O) groups is 1.